The van der Waals surface area contributed by atoms with Gasteiger partial charge in [0.2, 0.25) is 15.8 Å². The summed E-state index contributed by atoms with van der Waals surface area (Å²) in [6, 6.07) is 9.84. The highest BCUT2D eigenvalue weighted by atomic mass is 32.2. The number of nitrogens with zero attached hydrogens (tertiary/aromatic N) is 2. The highest BCUT2D eigenvalue weighted by Gasteiger charge is 2.30. The van der Waals surface area contributed by atoms with E-state index in [0.29, 0.717) is 5.56 Å². The summed E-state index contributed by atoms with van der Waals surface area (Å²) < 4.78 is 72.6. The second kappa shape index (κ2) is 8.14. The zero-order chi connectivity index (χ0) is 21.9. The van der Waals surface area contributed by atoms with Crippen LogP contribution in [0.5, 0.6) is 0 Å². The molecule has 0 bridgehead atoms. The van der Waals surface area contributed by atoms with Crippen LogP contribution in [-0.4, -0.2) is 30.8 Å². The topological polar surface area (TPSA) is 111 Å². The van der Waals surface area contributed by atoms with Crippen molar-refractivity contribution in [2.75, 3.05) is 11.0 Å². The molecule has 0 radical (unpaired) electrons. The van der Waals surface area contributed by atoms with E-state index < -0.39 is 27.7 Å². The monoisotopic (exact) mass is 441 g/mol. The van der Waals surface area contributed by atoms with Gasteiger partial charge in [0.05, 0.1) is 17.4 Å². The van der Waals surface area contributed by atoms with Crippen LogP contribution in [0.4, 0.5) is 18.9 Å². The van der Waals surface area contributed by atoms with Crippen molar-refractivity contribution in [2.24, 2.45) is 0 Å². The van der Waals surface area contributed by atoms with Crippen molar-refractivity contribution in [3.8, 4) is 11.4 Å². The summed E-state index contributed by atoms with van der Waals surface area (Å²) in [5.41, 5.74) is -0.235. The fraction of sp³-hybridized carbons (Fsp3) is 0.167. The molecular weight excluding hydrogens is 427 g/mol. The molecule has 3 rings (SSSR count). The number of sulfonamides is 1. The summed E-state index contributed by atoms with van der Waals surface area (Å²) in [4.78, 5) is 16.1. The average Bonchev–Trinajstić information content (AvgIpc) is 3.13. The SMILES string of the molecule is CS(=O)(=O)Nc1cccc(C(=O)OCc2nc(-c3ccc(C(F)(F)F)cc3)no2)c1. The van der Waals surface area contributed by atoms with Gasteiger partial charge in [-0.15, -0.1) is 0 Å². The number of hydrogen-bond acceptors (Lipinski definition) is 7. The molecule has 158 valence electrons. The smallest absolute Gasteiger partial charge is 0.416 e. The van der Waals surface area contributed by atoms with Crippen LogP contribution in [0.15, 0.2) is 53.1 Å². The first-order chi connectivity index (χ1) is 14.0. The summed E-state index contributed by atoms with van der Waals surface area (Å²) in [6.07, 6.45) is -3.48. The third-order valence-electron chi connectivity index (χ3n) is 3.67. The lowest BCUT2D eigenvalue weighted by atomic mass is 10.1. The fourth-order valence-corrected chi connectivity index (χ4v) is 2.93. The van der Waals surface area contributed by atoms with Crippen molar-refractivity contribution in [2.45, 2.75) is 12.8 Å². The van der Waals surface area contributed by atoms with Gasteiger partial charge in [-0.3, -0.25) is 4.72 Å². The molecule has 0 aliphatic heterocycles. The Labute approximate surface area is 168 Å². The first-order valence-corrected chi connectivity index (χ1v) is 10.2. The summed E-state index contributed by atoms with van der Waals surface area (Å²) >= 11 is 0. The first kappa shape index (κ1) is 21.3. The summed E-state index contributed by atoms with van der Waals surface area (Å²) in [7, 11) is -3.51. The molecule has 0 atom stereocenters. The number of rotatable bonds is 6. The van der Waals surface area contributed by atoms with Crippen LogP contribution in [0.2, 0.25) is 0 Å². The zero-order valence-electron chi connectivity index (χ0n) is 15.3. The Morgan fingerprint density at radius 1 is 1.17 bits per heavy atom. The fourth-order valence-electron chi connectivity index (χ4n) is 2.37. The van der Waals surface area contributed by atoms with Crippen LogP contribution >= 0.6 is 0 Å². The molecule has 0 amide bonds. The average molecular weight is 441 g/mol. The van der Waals surface area contributed by atoms with Gasteiger partial charge in [0, 0.05) is 11.3 Å². The Morgan fingerprint density at radius 2 is 1.87 bits per heavy atom. The number of hydrogen-bond donors (Lipinski definition) is 1. The molecule has 3 aromatic rings. The second-order valence-electron chi connectivity index (χ2n) is 6.12. The van der Waals surface area contributed by atoms with Crippen molar-refractivity contribution in [3.05, 3.63) is 65.5 Å². The first-order valence-electron chi connectivity index (χ1n) is 8.26. The quantitative estimate of drug-likeness (QED) is 0.583. The van der Waals surface area contributed by atoms with Crippen LogP contribution in [0.25, 0.3) is 11.4 Å². The summed E-state index contributed by atoms with van der Waals surface area (Å²) in [5.74, 6) is -0.792. The third kappa shape index (κ3) is 5.56. The van der Waals surface area contributed by atoms with Crippen molar-refractivity contribution < 1.29 is 35.6 Å². The number of aromatic nitrogens is 2. The molecule has 0 saturated carbocycles. The maximum atomic E-state index is 12.6. The molecule has 0 spiro atoms. The third-order valence-corrected chi connectivity index (χ3v) is 4.27. The summed E-state index contributed by atoms with van der Waals surface area (Å²) in [6.45, 7) is -0.379. The number of ether oxygens (including phenoxy) is 1. The van der Waals surface area contributed by atoms with E-state index in [0.717, 1.165) is 18.4 Å². The normalized spacial score (nSPS) is 11.9. The zero-order valence-corrected chi connectivity index (χ0v) is 16.1. The largest absolute Gasteiger partial charge is 0.452 e. The Bertz CT molecular complexity index is 1160. The van der Waals surface area contributed by atoms with E-state index in [1.807, 2.05) is 0 Å². The van der Waals surface area contributed by atoms with E-state index in [-0.39, 0.29) is 29.6 Å². The number of alkyl halides is 3. The van der Waals surface area contributed by atoms with Gasteiger partial charge in [-0.25, -0.2) is 13.2 Å². The minimum Gasteiger partial charge on any atom is -0.452 e. The predicted molar refractivity (Wildman–Crippen MR) is 98.8 cm³/mol. The molecule has 0 aliphatic carbocycles. The number of benzene rings is 2. The molecular formula is C18H14F3N3O5S. The van der Waals surface area contributed by atoms with Crippen LogP contribution in [0.1, 0.15) is 21.8 Å². The molecule has 0 fully saturated rings. The Hall–Kier alpha value is -3.41. The molecule has 1 aromatic heterocycles. The van der Waals surface area contributed by atoms with Crippen molar-refractivity contribution in [3.63, 3.8) is 0 Å². The van der Waals surface area contributed by atoms with Gasteiger partial charge >= 0.3 is 12.1 Å². The molecule has 8 nitrogen and oxygen atoms in total. The van der Waals surface area contributed by atoms with E-state index in [1.54, 1.807) is 0 Å². The Kier molecular flexibility index (Phi) is 5.78. The molecule has 12 heteroatoms. The molecule has 1 heterocycles. The van der Waals surface area contributed by atoms with Gasteiger partial charge in [0.25, 0.3) is 5.89 Å². The number of carbonyl (C=O) groups is 1. The lowest BCUT2D eigenvalue weighted by Crippen LogP contribution is -2.11. The van der Waals surface area contributed by atoms with Gasteiger partial charge in [-0.05, 0) is 30.3 Å². The standard InChI is InChI=1S/C18H14F3N3O5S/c1-30(26,27)24-14-4-2-3-12(9-14)17(25)28-10-15-22-16(23-29-15)11-5-7-13(8-6-11)18(19,20)21/h2-9,24H,10H2,1H3. The summed E-state index contributed by atoms with van der Waals surface area (Å²) in [5, 5.41) is 3.65. The van der Waals surface area contributed by atoms with Gasteiger partial charge in [-0.2, -0.15) is 18.2 Å². The van der Waals surface area contributed by atoms with E-state index in [1.165, 1.54) is 36.4 Å². The predicted octanol–water partition coefficient (Wildman–Crippen LogP) is 3.48. The highest BCUT2D eigenvalue weighted by molar-refractivity contribution is 7.92. The molecule has 0 aliphatic rings. The minimum absolute atomic E-state index is 0.0362. The molecule has 1 N–H and O–H groups in total. The van der Waals surface area contributed by atoms with Crippen LogP contribution in [0, 0.1) is 0 Å². The van der Waals surface area contributed by atoms with E-state index >= 15 is 0 Å². The van der Waals surface area contributed by atoms with E-state index in [4.69, 9.17) is 9.26 Å². The van der Waals surface area contributed by atoms with Crippen LogP contribution in [0.3, 0.4) is 0 Å². The van der Waals surface area contributed by atoms with Gasteiger partial charge in [0.1, 0.15) is 0 Å². The van der Waals surface area contributed by atoms with Crippen LogP contribution < -0.4 is 4.72 Å². The molecule has 30 heavy (non-hydrogen) atoms. The van der Waals surface area contributed by atoms with E-state index in [9.17, 15) is 26.4 Å². The van der Waals surface area contributed by atoms with Gasteiger partial charge in [-0.1, -0.05) is 23.4 Å². The Balaban J connectivity index is 1.64. The molecule has 0 unspecified atom stereocenters. The molecule has 2 aromatic carbocycles. The van der Waals surface area contributed by atoms with Gasteiger partial charge in [0.15, 0.2) is 6.61 Å². The van der Waals surface area contributed by atoms with Crippen molar-refractivity contribution in [1.82, 2.24) is 10.1 Å². The maximum Gasteiger partial charge on any atom is 0.416 e. The second-order valence-corrected chi connectivity index (χ2v) is 7.87. The minimum atomic E-state index is -4.46. The van der Waals surface area contributed by atoms with Gasteiger partial charge < -0.3 is 9.26 Å². The van der Waals surface area contributed by atoms with Crippen LogP contribution in [-0.2, 0) is 27.5 Å². The highest BCUT2D eigenvalue weighted by Crippen LogP contribution is 2.30. The number of anilines is 1. The van der Waals surface area contributed by atoms with Crippen molar-refractivity contribution in [1.29, 1.82) is 0 Å². The lowest BCUT2D eigenvalue weighted by Gasteiger charge is -2.06. The maximum absolute atomic E-state index is 12.6. The number of halogens is 3. The Morgan fingerprint density at radius 3 is 2.50 bits per heavy atom. The number of esters is 1. The van der Waals surface area contributed by atoms with Crippen molar-refractivity contribution >= 4 is 21.7 Å². The number of nitrogens with one attached hydrogen (secondary N) is 1. The molecule has 0 saturated heterocycles. The lowest BCUT2D eigenvalue weighted by molar-refractivity contribution is -0.137. The van der Waals surface area contributed by atoms with E-state index in [2.05, 4.69) is 14.9 Å². The number of carbonyl (C=O) groups excluding carboxylic acids is 1.